The number of esters is 2. The zero-order valence-corrected chi connectivity index (χ0v) is 17.7. The summed E-state index contributed by atoms with van der Waals surface area (Å²) >= 11 is 0. The molecule has 0 radical (unpaired) electrons. The molecule has 0 amide bonds. The van der Waals surface area contributed by atoms with Crippen molar-refractivity contribution in [2.24, 2.45) is 10.8 Å². The summed E-state index contributed by atoms with van der Waals surface area (Å²) < 4.78 is 11.9. The van der Waals surface area contributed by atoms with Crippen LogP contribution in [0.5, 0.6) is 11.5 Å². The minimum atomic E-state index is -0.649. The highest BCUT2D eigenvalue weighted by atomic mass is 16.6. The fourth-order valence-electron chi connectivity index (χ4n) is 1.84. The average Bonchev–Trinajstić information content (AvgIpc) is 2.44. The normalized spacial score (nSPS) is 12.7. The molecule has 0 aliphatic rings. The van der Waals surface area contributed by atoms with E-state index < -0.39 is 10.8 Å². The Morgan fingerprint density at radius 1 is 0.846 bits per heavy atom. The van der Waals surface area contributed by atoms with Crippen LogP contribution in [0.3, 0.4) is 0 Å². The van der Waals surface area contributed by atoms with Crippen molar-refractivity contribution in [2.45, 2.75) is 48.0 Å². The molecule has 0 unspecified atom stereocenters. The number of nitrogens with zero attached hydrogens (tertiary/aromatic N) is 1. The number of carbonyl (C=O) groups is 2. The lowest BCUT2D eigenvalue weighted by molar-refractivity contribution is -0.870. The third-order valence-electron chi connectivity index (χ3n) is 3.71. The van der Waals surface area contributed by atoms with Gasteiger partial charge in [-0.2, -0.15) is 0 Å². The monoisotopic (exact) mass is 364 g/mol. The molecule has 0 saturated carbocycles. The van der Waals surface area contributed by atoms with Gasteiger partial charge in [0.15, 0.2) is 11.5 Å². The molecule has 0 bridgehead atoms. The van der Waals surface area contributed by atoms with Gasteiger partial charge in [0.25, 0.3) is 0 Å². The van der Waals surface area contributed by atoms with E-state index in [1.807, 2.05) is 6.07 Å². The second-order valence-corrected chi connectivity index (χ2v) is 9.82. The summed E-state index contributed by atoms with van der Waals surface area (Å²) in [5.74, 6) is -0.170. The van der Waals surface area contributed by atoms with Gasteiger partial charge in [0, 0.05) is 6.42 Å². The number of carbonyl (C=O) groups excluding carboxylic acids is 2. The van der Waals surface area contributed by atoms with Crippen LogP contribution in [0.1, 0.15) is 47.1 Å². The quantitative estimate of drug-likeness (QED) is 0.452. The van der Waals surface area contributed by atoms with Crippen LogP contribution < -0.4 is 9.47 Å². The predicted molar refractivity (Wildman–Crippen MR) is 103 cm³/mol. The van der Waals surface area contributed by atoms with Crippen LogP contribution in [0.2, 0.25) is 0 Å². The number of ether oxygens (including phenoxy) is 2. The molecule has 1 aromatic rings. The highest BCUT2D eigenvalue weighted by molar-refractivity contribution is 5.81. The van der Waals surface area contributed by atoms with Crippen molar-refractivity contribution in [3.05, 3.63) is 23.8 Å². The maximum absolute atomic E-state index is 12.3. The van der Waals surface area contributed by atoms with Gasteiger partial charge in [-0.25, -0.2) is 0 Å². The third-order valence-corrected chi connectivity index (χ3v) is 3.71. The predicted octanol–water partition coefficient (Wildman–Crippen LogP) is 3.84. The van der Waals surface area contributed by atoms with Gasteiger partial charge in [-0.05, 0) is 59.2 Å². The van der Waals surface area contributed by atoms with Crippen molar-refractivity contribution in [3.8, 4) is 11.5 Å². The van der Waals surface area contributed by atoms with Crippen LogP contribution in [-0.2, 0) is 16.0 Å². The first-order chi connectivity index (χ1) is 11.6. The smallest absolute Gasteiger partial charge is 0.316 e. The maximum atomic E-state index is 12.3. The summed E-state index contributed by atoms with van der Waals surface area (Å²) in [6.45, 7) is 11.7. The molecule has 0 aliphatic heterocycles. The molecule has 0 spiro atoms. The molecule has 0 aromatic heterocycles. The molecule has 0 saturated heterocycles. The Labute approximate surface area is 157 Å². The molecule has 0 heterocycles. The van der Waals surface area contributed by atoms with E-state index in [0.29, 0.717) is 5.75 Å². The van der Waals surface area contributed by atoms with Gasteiger partial charge in [-0.1, -0.05) is 6.07 Å². The van der Waals surface area contributed by atoms with E-state index in [0.717, 1.165) is 23.0 Å². The van der Waals surface area contributed by atoms with Gasteiger partial charge in [0.1, 0.15) is 0 Å². The van der Waals surface area contributed by atoms with Crippen LogP contribution in [0, 0.1) is 10.8 Å². The summed E-state index contributed by atoms with van der Waals surface area (Å²) in [7, 11) is 6.38. The van der Waals surface area contributed by atoms with Crippen LogP contribution in [0.15, 0.2) is 18.2 Å². The molecule has 0 fully saturated rings. The van der Waals surface area contributed by atoms with Gasteiger partial charge in [-0.3, -0.25) is 9.59 Å². The van der Waals surface area contributed by atoms with E-state index in [-0.39, 0.29) is 17.7 Å². The average molecular weight is 365 g/mol. The topological polar surface area (TPSA) is 52.6 Å². The van der Waals surface area contributed by atoms with Gasteiger partial charge in [0.05, 0.1) is 38.5 Å². The van der Waals surface area contributed by atoms with Crippen molar-refractivity contribution in [1.82, 2.24) is 0 Å². The number of benzene rings is 1. The maximum Gasteiger partial charge on any atom is 0.316 e. The fourth-order valence-corrected chi connectivity index (χ4v) is 1.84. The highest BCUT2D eigenvalue weighted by Crippen LogP contribution is 2.32. The molecule has 146 valence electrons. The summed E-state index contributed by atoms with van der Waals surface area (Å²) in [6.07, 6.45) is 0.830. The summed E-state index contributed by atoms with van der Waals surface area (Å²) in [4.78, 5) is 24.6. The molecule has 0 atom stereocenters. The van der Waals surface area contributed by atoms with Crippen molar-refractivity contribution in [1.29, 1.82) is 0 Å². The summed E-state index contributed by atoms with van der Waals surface area (Å²) in [5, 5.41) is 0. The van der Waals surface area contributed by atoms with Gasteiger partial charge >= 0.3 is 11.9 Å². The van der Waals surface area contributed by atoms with Gasteiger partial charge in [0.2, 0.25) is 0 Å². The largest absolute Gasteiger partial charge is 0.422 e. The molecule has 5 nitrogen and oxygen atoms in total. The van der Waals surface area contributed by atoms with E-state index in [2.05, 4.69) is 21.1 Å². The second-order valence-electron chi connectivity index (χ2n) is 9.82. The Balaban J connectivity index is 3.15. The number of quaternary nitrogens is 1. The minimum Gasteiger partial charge on any atom is -0.422 e. The molecule has 0 N–H and O–H groups in total. The Kier molecular flexibility index (Phi) is 6.64. The highest BCUT2D eigenvalue weighted by Gasteiger charge is 2.28. The van der Waals surface area contributed by atoms with Crippen molar-refractivity contribution in [2.75, 3.05) is 27.7 Å². The van der Waals surface area contributed by atoms with Gasteiger partial charge < -0.3 is 14.0 Å². The van der Waals surface area contributed by atoms with E-state index in [1.54, 1.807) is 53.7 Å². The van der Waals surface area contributed by atoms with E-state index in [4.69, 9.17) is 9.47 Å². The zero-order valence-electron chi connectivity index (χ0n) is 17.7. The lowest BCUT2D eigenvalue weighted by Crippen LogP contribution is -2.36. The van der Waals surface area contributed by atoms with Crippen LogP contribution in [-0.4, -0.2) is 44.1 Å². The number of rotatable bonds is 5. The van der Waals surface area contributed by atoms with E-state index in [9.17, 15) is 9.59 Å². The molecular formula is C21H34NO4+. The molecular weight excluding hydrogens is 330 g/mol. The summed E-state index contributed by atoms with van der Waals surface area (Å²) in [6, 6.07) is 5.42. The number of likely N-dealkylation sites (N-methyl/N-ethyl adjacent to an activating group) is 1. The van der Waals surface area contributed by atoms with E-state index in [1.165, 1.54) is 0 Å². The lowest BCUT2D eigenvalue weighted by Gasteiger charge is -2.24. The number of hydrogen-bond donors (Lipinski definition) is 0. The van der Waals surface area contributed by atoms with Gasteiger partial charge in [-0.15, -0.1) is 0 Å². The van der Waals surface area contributed by atoms with Crippen LogP contribution >= 0.6 is 0 Å². The molecule has 5 heteroatoms. The van der Waals surface area contributed by atoms with Crippen molar-refractivity contribution in [3.63, 3.8) is 0 Å². The first kappa shape index (κ1) is 22.2. The standard InChI is InChI=1S/C21H34NO4/c1-20(2,3)18(23)25-16-11-10-15(12-13-22(7,8)9)14-17(16)26-19(24)21(4,5)6/h10-11,14H,12-13H2,1-9H3/q+1. The van der Waals surface area contributed by atoms with E-state index >= 15 is 0 Å². The SMILES string of the molecule is CC(C)(C)C(=O)Oc1ccc(CC[N+](C)(C)C)cc1OC(=O)C(C)(C)C. The second kappa shape index (κ2) is 7.78. The molecule has 1 aromatic carbocycles. The summed E-state index contributed by atoms with van der Waals surface area (Å²) in [5.41, 5.74) is -0.262. The first-order valence-corrected chi connectivity index (χ1v) is 8.97. The Bertz CT molecular complexity index is 658. The molecule has 1 rings (SSSR count). The first-order valence-electron chi connectivity index (χ1n) is 8.97. The molecule has 26 heavy (non-hydrogen) atoms. The Morgan fingerprint density at radius 3 is 1.73 bits per heavy atom. The van der Waals surface area contributed by atoms with Crippen molar-refractivity contribution >= 4 is 11.9 Å². The number of hydrogen-bond acceptors (Lipinski definition) is 4. The third kappa shape index (κ3) is 7.16. The molecule has 0 aliphatic carbocycles. The van der Waals surface area contributed by atoms with Crippen molar-refractivity contribution < 1.29 is 23.5 Å². The minimum absolute atomic E-state index is 0.275. The lowest BCUT2D eigenvalue weighted by atomic mass is 9.97. The fraction of sp³-hybridized carbons (Fsp3) is 0.619. The Morgan fingerprint density at radius 2 is 1.31 bits per heavy atom. The Hall–Kier alpha value is -1.88. The van der Waals surface area contributed by atoms with Crippen LogP contribution in [0.4, 0.5) is 0 Å². The van der Waals surface area contributed by atoms with Crippen LogP contribution in [0.25, 0.3) is 0 Å². The zero-order chi connectivity index (χ0) is 20.3.